The lowest BCUT2D eigenvalue weighted by Crippen LogP contribution is -2.40. The van der Waals surface area contributed by atoms with Crippen LogP contribution < -0.4 is 0 Å². The highest BCUT2D eigenvalue weighted by Gasteiger charge is 2.28. The number of rotatable bonds is 5. The zero-order valence-electron chi connectivity index (χ0n) is 15.5. The molecule has 0 spiro atoms. The maximum Gasteiger partial charge on any atom is 0.227 e. The summed E-state index contributed by atoms with van der Waals surface area (Å²) in [5, 5.41) is 8.80. The summed E-state index contributed by atoms with van der Waals surface area (Å²) in [4.78, 5) is 18.8. The summed E-state index contributed by atoms with van der Waals surface area (Å²) in [7, 11) is 2.01. The van der Waals surface area contributed by atoms with E-state index in [-0.39, 0.29) is 11.8 Å². The average molecular weight is 364 g/mol. The van der Waals surface area contributed by atoms with Crippen molar-refractivity contribution in [2.45, 2.75) is 31.7 Å². The van der Waals surface area contributed by atoms with E-state index in [9.17, 15) is 4.79 Å². The van der Waals surface area contributed by atoms with Gasteiger partial charge in [-0.1, -0.05) is 30.3 Å². The Morgan fingerprint density at radius 3 is 2.85 bits per heavy atom. The molecule has 140 valence electrons. The number of hydrogen-bond acceptors (Lipinski definition) is 4. The maximum atomic E-state index is 12.7. The minimum atomic E-state index is 0.187. The van der Waals surface area contributed by atoms with Crippen LogP contribution >= 0.6 is 0 Å². The van der Waals surface area contributed by atoms with Crippen molar-refractivity contribution in [3.63, 3.8) is 0 Å². The van der Waals surface area contributed by atoms with E-state index in [1.807, 2.05) is 53.0 Å². The Morgan fingerprint density at radius 1 is 1.22 bits per heavy atom. The molecule has 0 aliphatic carbocycles. The van der Waals surface area contributed by atoms with E-state index in [0.29, 0.717) is 19.5 Å². The average Bonchev–Trinajstić information content (AvgIpc) is 3.33. The quantitative estimate of drug-likeness (QED) is 0.694. The molecule has 1 atom stereocenters. The second-order valence-electron chi connectivity index (χ2n) is 7.11. The number of carbonyl (C=O) groups excluding carboxylic acids is 1. The van der Waals surface area contributed by atoms with E-state index in [1.54, 1.807) is 12.5 Å². The summed E-state index contributed by atoms with van der Waals surface area (Å²) >= 11 is 0. The van der Waals surface area contributed by atoms with Gasteiger partial charge in [-0.3, -0.25) is 4.79 Å². The van der Waals surface area contributed by atoms with Crippen LogP contribution in [0.5, 0.6) is 0 Å². The molecule has 4 rings (SSSR count). The minimum Gasteiger partial charge on any atom is -0.342 e. The highest BCUT2D eigenvalue weighted by atomic mass is 16.2. The highest BCUT2D eigenvalue weighted by Crippen LogP contribution is 2.26. The van der Waals surface area contributed by atoms with Gasteiger partial charge in [0.15, 0.2) is 5.82 Å². The number of benzene rings is 1. The van der Waals surface area contributed by atoms with E-state index in [1.165, 1.54) is 0 Å². The Labute approximate surface area is 158 Å². The SMILES string of the molecule is Cn1c(Cn2ccnc2)nnc1[C@@H]1CCCN(C(=O)Cc2ccccc2)C1. The largest absolute Gasteiger partial charge is 0.342 e. The van der Waals surface area contributed by atoms with Gasteiger partial charge in [-0.15, -0.1) is 10.2 Å². The van der Waals surface area contributed by atoms with Crippen molar-refractivity contribution in [2.75, 3.05) is 13.1 Å². The first-order chi connectivity index (χ1) is 13.2. The van der Waals surface area contributed by atoms with E-state index < -0.39 is 0 Å². The molecule has 7 heteroatoms. The van der Waals surface area contributed by atoms with Crippen molar-refractivity contribution in [3.05, 3.63) is 66.3 Å². The van der Waals surface area contributed by atoms with Crippen LogP contribution in [0.2, 0.25) is 0 Å². The minimum absolute atomic E-state index is 0.187. The molecular formula is C20H24N6O. The van der Waals surface area contributed by atoms with E-state index in [0.717, 1.165) is 36.6 Å². The molecule has 1 aliphatic rings. The van der Waals surface area contributed by atoms with Crippen molar-refractivity contribution in [3.8, 4) is 0 Å². The molecule has 27 heavy (non-hydrogen) atoms. The summed E-state index contributed by atoms with van der Waals surface area (Å²) in [5.74, 6) is 2.28. The summed E-state index contributed by atoms with van der Waals surface area (Å²) in [5.41, 5.74) is 1.06. The molecule has 0 saturated carbocycles. The smallest absolute Gasteiger partial charge is 0.227 e. The molecule has 0 unspecified atom stereocenters. The second kappa shape index (κ2) is 7.73. The fourth-order valence-electron chi connectivity index (χ4n) is 3.71. The van der Waals surface area contributed by atoms with Crippen LogP contribution in [0.25, 0.3) is 0 Å². The normalized spacial score (nSPS) is 17.2. The fraction of sp³-hybridized carbons (Fsp3) is 0.400. The third-order valence-corrected chi connectivity index (χ3v) is 5.22. The Morgan fingerprint density at radius 2 is 2.07 bits per heavy atom. The Hall–Kier alpha value is -2.96. The van der Waals surface area contributed by atoms with Crippen LogP contribution in [-0.4, -0.2) is 48.2 Å². The van der Waals surface area contributed by atoms with E-state index in [4.69, 9.17) is 0 Å². The molecule has 3 aromatic rings. The van der Waals surface area contributed by atoms with Gasteiger partial charge < -0.3 is 14.0 Å². The first kappa shape index (κ1) is 17.5. The van der Waals surface area contributed by atoms with Crippen molar-refractivity contribution in [1.82, 2.24) is 29.2 Å². The number of carbonyl (C=O) groups is 1. The van der Waals surface area contributed by atoms with Crippen molar-refractivity contribution in [1.29, 1.82) is 0 Å². The lowest BCUT2D eigenvalue weighted by atomic mass is 9.96. The molecule has 0 N–H and O–H groups in total. The van der Waals surface area contributed by atoms with Gasteiger partial charge in [0.1, 0.15) is 5.82 Å². The summed E-state index contributed by atoms with van der Waals surface area (Å²) in [6.45, 7) is 2.18. The predicted octanol–water partition coefficient (Wildman–Crippen LogP) is 2.01. The van der Waals surface area contributed by atoms with Crippen LogP contribution in [0.15, 0.2) is 49.1 Å². The number of piperidine rings is 1. The number of hydrogen-bond donors (Lipinski definition) is 0. The molecule has 3 heterocycles. The maximum absolute atomic E-state index is 12.7. The molecule has 1 fully saturated rings. The fourth-order valence-corrected chi connectivity index (χ4v) is 3.71. The summed E-state index contributed by atoms with van der Waals surface area (Å²) in [6.07, 6.45) is 7.94. The molecule has 0 bridgehead atoms. The van der Waals surface area contributed by atoms with Crippen LogP contribution in [-0.2, 0) is 24.8 Å². The molecule has 1 aromatic carbocycles. The van der Waals surface area contributed by atoms with Crippen molar-refractivity contribution in [2.24, 2.45) is 7.05 Å². The van der Waals surface area contributed by atoms with Crippen LogP contribution in [0.4, 0.5) is 0 Å². The molecule has 7 nitrogen and oxygen atoms in total. The molecule has 0 radical (unpaired) electrons. The van der Waals surface area contributed by atoms with Crippen molar-refractivity contribution >= 4 is 5.91 Å². The van der Waals surface area contributed by atoms with Crippen LogP contribution in [0.3, 0.4) is 0 Å². The van der Waals surface area contributed by atoms with Crippen molar-refractivity contribution < 1.29 is 4.79 Å². The lowest BCUT2D eigenvalue weighted by Gasteiger charge is -2.32. The summed E-state index contributed by atoms with van der Waals surface area (Å²) < 4.78 is 4.04. The zero-order valence-corrected chi connectivity index (χ0v) is 15.5. The standard InChI is InChI=1S/C20H24N6O/c1-24-18(14-25-11-9-21-15-25)22-23-20(24)17-8-5-10-26(13-17)19(27)12-16-6-3-2-4-7-16/h2-4,6-7,9,11,15,17H,5,8,10,12-14H2,1H3/t17-/m1/s1. The van der Waals surface area contributed by atoms with Gasteiger partial charge in [-0.2, -0.15) is 0 Å². The third kappa shape index (κ3) is 3.92. The number of likely N-dealkylation sites (tertiary alicyclic amines) is 1. The van der Waals surface area contributed by atoms with Gasteiger partial charge in [0.05, 0.1) is 19.3 Å². The molecular weight excluding hydrogens is 340 g/mol. The Bertz CT molecular complexity index is 887. The van der Waals surface area contributed by atoms with Gasteiger partial charge in [0.25, 0.3) is 0 Å². The molecule has 2 aromatic heterocycles. The van der Waals surface area contributed by atoms with E-state index >= 15 is 0 Å². The Kier molecular flexibility index (Phi) is 5.00. The number of nitrogens with zero attached hydrogens (tertiary/aromatic N) is 6. The van der Waals surface area contributed by atoms with Gasteiger partial charge in [-0.25, -0.2) is 4.98 Å². The molecule has 1 aliphatic heterocycles. The van der Waals surface area contributed by atoms with Gasteiger partial charge in [-0.05, 0) is 18.4 Å². The monoisotopic (exact) mass is 364 g/mol. The molecule has 1 amide bonds. The number of imidazole rings is 1. The van der Waals surface area contributed by atoms with Gasteiger partial charge >= 0.3 is 0 Å². The highest BCUT2D eigenvalue weighted by molar-refractivity contribution is 5.78. The number of amides is 1. The van der Waals surface area contributed by atoms with Gasteiger partial charge in [0.2, 0.25) is 5.91 Å². The topological polar surface area (TPSA) is 68.8 Å². The third-order valence-electron chi connectivity index (χ3n) is 5.22. The summed E-state index contributed by atoms with van der Waals surface area (Å²) in [6, 6.07) is 9.93. The van der Waals surface area contributed by atoms with Gasteiger partial charge in [0, 0.05) is 38.4 Å². The van der Waals surface area contributed by atoms with Crippen LogP contribution in [0, 0.1) is 0 Å². The van der Waals surface area contributed by atoms with E-state index in [2.05, 4.69) is 19.7 Å². The molecule has 1 saturated heterocycles. The Balaban J connectivity index is 1.44. The lowest BCUT2D eigenvalue weighted by molar-refractivity contribution is -0.131. The van der Waals surface area contributed by atoms with Crippen LogP contribution in [0.1, 0.15) is 36.0 Å². The first-order valence-corrected chi connectivity index (χ1v) is 9.36. The number of aromatic nitrogens is 5. The first-order valence-electron chi connectivity index (χ1n) is 9.36. The second-order valence-corrected chi connectivity index (χ2v) is 7.11. The predicted molar refractivity (Wildman–Crippen MR) is 101 cm³/mol. The zero-order chi connectivity index (χ0) is 18.6.